The number of hydrogen-bond acceptors (Lipinski definition) is 3. The fraction of sp³-hybridized carbons (Fsp3) is 0.500. The smallest absolute Gasteiger partial charge is 0.221 e. The minimum atomic E-state index is 0. The first-order chi connectivity index (χ1) is 6.33. The molecule has 0 aliphatic rings. The van der Waals surface area contributed by atoms with Crippen LogP contribution in [0.15, 0.2) is 12.5 Å². The van der Waals surface area contributed by atoms with Crippen LogP contribution in [0.2, 0.25) is 0 Å². The minimum Gasteiger partial charge on any atom is -0.356 e. The molecule has 0 aromatic carbocycles. The zero-order valence-electron chi connectivity index (χ0n) is 8.23. The van der Waals surface area contributed by atoms with E-state index in [9.17, 15) is 4.79 Å². The lowest BCUT2D eigenvalue weighted by molar-refractivity contribution is -0.120. The van der Waals surface area contributed by atoms with Crippen molar-refractivity contribution in [2.24, 2.45) is 5.73 Å². The van der Waals surface area contributed by atoms with E-state index in [-0.39, 0.29) is 30.7 Å². The molecule has 1 heterocycles. The van der Waals surface area contributed by atoms with Gasteiger partial charge in [-0.1, -0.05) is 0 Å². The molecule has 0 spiro atoms. The van der Waals surface area contributed by atoms with E-state index in [2.05, 4.69) is 15.3 Å². The summed E-state index contributed by atoms with van der Waals surface area (Å²) < 4.78 is 0. The van der Waals surface area contributed by atoms with Gasteiger partial charge in [-0.25, -0.2) is 4.98 Å². The lowest BCUT2D eigenvalue weighted by atomic mass is 10.3. The Morgan fingerprint density at radius 1 is 1.53 bits per heavy atom. The Morgan fingerprint density at radius 2 is 2.27 bits per heavy atom. The molecular formula is C8H16Cl2N4O. The first-order valence-electron chi connectivity index (χ1n) is 4.27. The molecule has 0 aliphatic heterocycles. The second kappa shape index (κ2) is 9.76. The number of rotatable bonds is 5. The van der Waals surface area contributed by atoms with E-state index < -0.39 is 0 Å². The van der Waals surface area contributed by atoms with E-state index in [0.717, 1.165) is 12.1 Å². The molecule has 0 radical (unpaired) electrons. The Hall–Kier alpha value is -0.780. The van der Waals surface area contributed by atoms with E-state index in [0.29, 0.717) is 19.5 Å². The molecule has 0 aliphatic carbocycles. The van der Waals surface area contributed by atoms with Gasteiger partial charge in [-0.2, -0.15) is 0 Å². The SMILES string of the molecule is Cl.Cl.NCCC(=O)NCCc1cnc[nH]1. The Kier molecular flexibility index (Phi) is 10.8. The fourth-order valence-electron chi connectivity index (χ4n) is 0.977. The molecule has 0 fully saturated rings. The molecule has 1 rings (SSSR count). The van der Waals surface area contributed by atoms with Crippen molar-refractivity contribution in [1.82, 2.24) is 15.3 Å². The maximum atomic E-state index is 11.0. The first-order valence-corrected chi connectivity index (χ1v) is 4.27. The summed E-state index contributed by atoms with van der Waals surface area (Å²) in [5, 5.41) is 2.76. The highest BCUT2D eigenvalue weighted by Gasteiger charge is 1.98. The third kappa shape index (κ3) is 7.18. The van der Waals surface area contributed by atoms with Gasteiger partial charge in [0.1, 0.15) is 0 Å². The van der Waals surface area contributed by atoms with Crippen LogP contribution in [0.25, 0.3) is 0 Å². The molecule has 4 N–H and O–H groups in total. The number of hydrogen-bond donors (Lipinski definition) is 3. The number of halogens is 2. The van der Waals surface area contributed by atoms with Crippen LogP contribution < -0.4 is 11.1 Å². The van der Waals surface area contributed by atoms with Crippen molar-refractivity contribution in [2.45, 2.75) is 12.8 Å². The third-order valence-electron chi connectivity index (χ3n) is 1.64. The normalized spacial score (nSPS) is 8.60. The molecule has 7 heteroatoms. The molecule has 0 saturated carbocycles. The van der Waals surface area contributed by atoms with Crippen LogP contribution in [0.4, 0.5) is 0 Å². The minimum absolute atomic E-state index is 0. The molecule has 1 amide bonds. The van der Waals surface area contributed by atoms with Crippen molar-refractivity contribution >= 4 is 30.7 Å². The number of amides is 1. The fourth-order valence-corrected chi connectivity index (χ4v) is 0.977. The highest BCUT2D eigenvalue weighted by atomic mass is 35.5. The highest BCUT2D eigenvalue weighted by molar-refractivity contribution is 5.85. The zero-order valence-corrected chi connectivity index (χ0v) is 9.87. The van der Waals surface area contributed by atoms with Gasteiger partial charge in [0.15, 0.2) is 0 Å². The van der Waals surface area contributed by atoms with Crippen molar-refractivity contribution in [3.63, 3.8) is 0 Å². The summed E-state index contributed by atoms with van der Waals surface area (Å²) in [5.41, 5.74) is 6.24. The van der Waals surface area contributed by atoms with Crippen LogP contribution in [0.3, 0.4) is 0 Å². The number of carbonyl (C=O) groups is 1. The van der Waals surface area contributed by atoms with Gasteiger partial charge < -0.3 is 16.0 Å². The first kappa shape index (κ1) is 16.6. The number of nitrogens with two attached hydrogens (primary N) is 1. The predicted molar refractivity (Wildman–Crippen MR) is 63.5 cm³/mol. The maximum Gasteiger partial charge on any atom is 0.221 e. The van der Waals surface area contributed by atoms with Gasteiger partial charge in [-0.3, -0.25) is 4.79 Å². The lowest BCUT2D eigenvalue weighted by Gasteiger charge is -2.01. The van der Waals surface area contributed by atoms with E-state index >= 15 is 0 Å². The number of aromatic nitrogens is 2. The van der Waals surface area contributed by atoms with Gasteiger partial charge in [-0.05, 0) is 0 Å². The Bertz CT molecular complexity index is 253. The van der Waals surface area contributed by atoms with Crippen LogP contribution in [-0.2, 0) is 11.2 Å². The van der Waals surface area contributed by atoms with Gasteiger partial charge in [0, 0.05) is 37.8 Å². The van der Waals surface area contributed by atoms with Crippen LogP contribution >= 0.6 is 24.8 Å². The molecule has 1 aromatic heterocycles. The van der Waals surface area contributed by atoms with Gasteiger partial charge >= 0.3 is 0 Å². The molecule has 1 aromatic rings. The number of carbonyl (C=O) groups excluding carboxylic acids is 1. The Morgan fingerprint density at radius 3 is 2.80 bits per heavy atom. The summed E-state index contributed by atoms with van der Waals surface area (Å²) in [6, 6.07) is 0. The number of H-pyrrole nitrogens is 1. The summed E-state index contributed by atoms with van der Waals surface area (Å²) in [7, 11) is 0. The maximum absolute atomic E-state index is 11.0. The van der Waals surface area contributed by atoms with Crippen LogP contribution in [0.5, 0.6) is 0 Å². The quantitative estimate of drug-likeness (QED) is 0.705. The average Bonchev–Trinajstić information content (AvgIpc) is 2.57. The van der Waals surface area contributed by atoms with Crippen molar-refractivity contribution in [2.75, 3.05) is 13.1 Å². The predicted octanol–water partition coefficient (Wildman–Crippen LogP) is 0.261. The number of nitrogens with zero attached hydrogens (tertiary/aromatic N) is 1. The lowest BCUT2D eigenvalue weighted by Crippen LogP contribution is -2.27. The van der Waals surface area contributed by atoms with Gasteiger partial charge in [0.25, 0.3) is 0 Å². The molecule has 0 atom stereocenters. The number of nitrogens with one attached hydrogen (secondary N) is 2. The summed E-state index contributed by atoms with van der Waals surface area (Å²) >= 11 is 0. The summed E-state index contributed by atoms with van der Waals surface area (Å²) in [4.78, 5) is 17.8. The Balaban J connectivity index is 0. The Labute approximate surface area is 101 Å². The average molecular weight is 255 g/mol. The second-order valence-electron chi connectivity index (χ2n) is 2.72. The topological polar surface area (TPSA) is 83.8 Å². The van der Waals surface area contributed by atoms with E-state index in [1.54, 1.807) is 12.5 Å². The summed E-state index contributed by atoms with van der Waals surface area (Å²) in [6.45, 7) is 1.02. The monoisotopic (exact) mass is 254 g/mol. The number of imidazole rings is 1. The molecule has 5 nitrogen and oxygen atoms in total. The van der Waals surface area contributed by atoms with Crippen LogP contribution in [-0.4, -0.2) is 29.0 Å². The van der Waals surface area contributed by atoms with Crippen molar-refractivity contribution in [3.8, 4) is 0 Å². The highest BCUT2D eigenvalue weighted by Crippen LogP contribution is 1.90. The molecule has 0 bridgehead atoms. The molecular weight excluding hydrogens is 239 g/mol. The van der Waals surface area contributed by atoms with E-state index in [1.807, 2.05) is 0 Å². The molecule has 0 unspecified atom stereocenters. The van der Waals surface area contributed by atoms with Gasteiger partial charge in [0.05, 0.1) is 6.33 Å². The molecule has 15 heavy (non-hydrogen) atoms. The van der Waals surface area contributed by atoms with Crippen molar-refractivity contribution in [1.29, 1.82) is 0 Å². The van der Waals surface area contributed by atoms with Crippen molar-refractivity contribution in [3.05, 3.63) is 18.2 Å². The molecule has 88 valence electrons. The zero-order chi connectivity index (χ0) is 9.52. The van der Waals surface area contributed by atoms with E-state index in [4.69, 9.17) is 5.73 Å². The van der Waals surface area contributed by atoms with E-state index in [1.165, 1.54) is 0 Å². The van der Waals surface area contributed by atoms with Crippen LogP contribution in [0.1, 0.15) is 12.1 Å². The summed E-state index contributed by atoms with van der Waals surface area (Å²) in [5.74, 6) is 0.00187. The van der Waals surface area contributed by atoms with Crippen molar-refractivity contribution < 1.29 is 4.79 Å². The second-order valence-corrected chi connectivity index (χ2v) is 2.72. The third-order valence-corrected chi connectivity index (χ3v) is 1.64. The van der Waals surface area contributed by atoms with Crippen LogP contribution in [0, 0.1) is 0 Å². The summed E-state index contributed by atoms with van der Waals surface area (Å²) in [6.07, 6.45) is 4.53. The van der Waals surface area contributed by atoms with Gasteiger partial charge in [0.2, 0.25) is 5.91 Å². The standard InChI is InChI=1S/C8H14N4O.2ClH/c9-3-1-8(13)11-4-2-7-5-10-6-12-7;;/h5-6H,1-4,9H2,(H,10,12)(H,11,13);2*1H. The molecule has 0 saturated heterocycles. The number of aromatic amines is 1. The van der Waals surface area contributed by atoms with Gasteiger partial charge in [-0.15, -0.1) is 24.8 Å². The largest absolute Gasteiger partial charge is 0.356 e.